The number of hydrogen-bond acceptors (Lipinski definition) is 8. The summed E-state index contributed by atoms with van der Waals surface area (Å²) in [6, 6.07) is 12.4. The number of benzene rings is 1. The van der Waals surface area contributed by atoms with Gasteiger partial charge >= 0.3 is 0 Å². The van der Waals surface area contributed by atoms with Crippen LogP contribution in [0.25, 0.3) is 0 Å². The van der Waals surface area contributed by atoms with Gasteiger partial charge in [0.25, 0.3) is 5.91 Å². The van der Waals surface area contributed by atoms with E-state index in [1.165, 1.54) is 11.1 Å². The number of rotatable bonds is 8. The average Bonchev–Trinajstić information content (AvgIpc) is 2.96. The maximum Gasteiger partial charge on any atom is 0.270 e. The highest BCUT2D eigenvalue weighted by atomic mass is 16.5. The topological polar surface area (TPSA) is 110 Å². The fraction of sp³-hybridized carbons (Fsp3) is 0.552. The van der Waals surface area contributed by atoms with Crippen molar-refractivity contribution in [1.29, 1.82) is 0 Å². The molecule has 10 heteroatoms. The Morgan fingerprint density at radius 1 is 1.08 bits per heavy atom. The van der Waals surface area contributed by atoms with Crippen molar-refractivity contribution in [3.8, 4) is 0 Å². The largest absolute Gasteiger partial charge is 0.390 e. The molecular weight excluding hydrogens is 496 g/mol. The zero-order valence-electron chi connectivity index (χ0n) is 22.8. The minimum Gasteiger partial charge on any atom is -0.390 e. The summed E-state index contributed by atoms with van der Waals surface area (Å²) in [4.78, 5) is 35.8. The number of aliphatic hydroxyl groups is 1. The van der Waals surface area contributed by atoms with Crippen molar-refractivity contribution in [1.82, 2.24) is 20.1 Å². The Kier molecular flexibility index (Phi) is 8.95. The molecule has 4 heterocycles. The van der Waals surface area contributed by atoms with Crippen molar-refractivity contribution < 1.29 is 19.4 Å². The first kappa shape index (κ1) is 27.4. The van der Waals surface area contributed by atoms with Crippen LogP contribution in [0, 0.1) is 0 Å². The molecule has 0 saturated carbocycles. The highest BCUT2D eigenvalue weighted by Crippen LogP contribution is 2.23. The second-order valence-electron chi connectivity index (χ2n) is 10.7. The molecule has 0 bridgehead atoms. The lowest BCUT2D eigenvalue weighted by Crippen LogP contribution is -2.42. The molecule has 39 heavy (non-hydrogen) atoms. The number of pyridine rings is 1. The molecule has 3 aliphatic rings. The van der Waals surface area contributed by atoms with E-state index in [2.05, 4.69) is 49.7 Å². The summed E-state index contributed by atoms with van der Waals surface area (Å²) in [5.41, 5.74) is 3.83. The fourth-order valence-electron chi connectivity index (χ4n) is 5.62. The molecule has 0 radical (unpaired) electrons. The highest BCUT2D eigenvalue weighted by Gasteiger charge is 2.23. The van der Waals surface area contributed by atoms with Gasteiger partial charge in [-0.2, -0.15) is 0 Å². The van der Waals surface area contributed by atoms with Crippen LogP contribution in [-0.4, -0.2) is 103 Å². The van der Waals surface area contributed by atoms with Crippen molar-refractivity contribution >= 4 is 23.3 Å². The van der Waals surface area contributed by atoms with Crippen molar-refractivity contribution in [3.05, 3.63) is 53.2 Å². The monoisotopic (exact) mass is 536 g/mol. The molecule has 210 valence electrons. The Bertz CT molecular complexity index is 1150. The van der Waals surface area contributed by atoms with Crippen LogP contribution >= 0.6 is 0 Å². The van der Waals surface area contributed by atoms with Gasteiger partial charge in [0.05, 0.1) is 19.3 Å². The summed E-state index contributed by atoms with van der Waals surface area (Å²) in [7, 11) is 0. The van der Waals surface area contributed by atoms with E-state index in [9.17, 15) is 14.7 Å². The molecule has 1 atom stereocenters. The Balaban J connectivity index is 1.20. The zero-order valence-corrected chi connectivity index (χ0v) is 22.8. The van der Waals surface area contributed by atoms with Crippen LogP contribution in [0.4, 0.5) is 11.5 Å². The molecule has 3 aliphatic heterocycles. The summed E-state index contributed by atoms with van der Waals surface area (Å²) in [5.74, 6) is 0.544. The van der Waals surface area contributed by atoms with Crippen molar-refractivity contribution in [3.63, 3.8) is 0 Å². The molecule has 10 nitrogen and oxygen atoms in total. The Morgan fingerprint density at radius 3 is 2.56 bits per heavy atom. The number of nitrogens with one attached hydrogen (secondary N) is 2. The number of ether oxygens (including phenoxy) is 1. The lowest BCUT2D eigenvalue weighted by Gasteiger charge is -2.33. The lowest BCUT2D eigenvalue weighted by atomic mass is 10.00. The average molecular weight is 537 g/mol. The summed E-state index contributed by atoms with van der Waals surface area (Å²) < 4.78 is 5.50. The molecular formula is C29H40N6O4. The van der Waals surface area contributed by atoms with Gasteiger partial charge in [-0.15, -0.1) is 0 Å². The summed E-state index contributed by atoms with van der Waals surface area (Å²) in [6.07, 6.45) is 2.00. The highest BCUT2D eigenvalue weighted by molar-refractivity contribution is 5.93. The SMILES string of the molecule is CC(=O)N1CCC(Nc2cc(C(=O)NC[C@H](O)CN3CCc4ccccc4C3)nc(N3CCOCC3)c2)CC1. The van der Waals surface area contributed by atoms with Gasteiger partial charge in [-0.1, -0.05) is 24.3 Å². The fourth-order valence-corrected chi connectivity index (χ4v) is 5.62. The van der Waals surface area contributed by atoms with Gasteiger partial charge < -0.3 is 30.3 Å². The molecule has 2 saturated heterocycles. The molecule has 2 amide bonds. The smallest absolute Gasteiger partial charge is 0.270 e. The number of aromatic nitrogens is 1. The molecule has 2 fully saturated rings. The predicted octanol–water partition coefficient (Wildman–Crippen LogP) is 1.49. The number of carbonyl (C=O) groups excluding carboxylic acids is 2. The van der Waals surface area contributed by atoms with Crippen LogP contribution in [0.2, 0.25) is 0 Å². The maximum absolute atomic E-state index is 13.2. The number of piperidine rings is 1. The lowest BCUT2D eigenvalue weighted by molar-refractivity contribution is -0.129. The van der Waals surface area contributed by atoms with Gasteiger partial charge in [0, 0.05) is 77.1 Å². The second kappa shape index (κ2) is 12.8. The van der Waals surface area contributed by atoms with Crippen LogP contribution in [0.3, 0.4) is 0 Å². The van der Waals surface area contributed by atoms with Gasteiger partial charge in [0.2, 0.25) is 5.91 Å². The minimum absolute atomic E-state index is 0.109. The first-order chi connectivity index (χ1) is 18.9. The van der Waals surface area contributed by atoms with E-state index >= 15 is 0 Å². The number of nitrogens with zero attached hydrogens (tertiary/aromatic N) is 4. The molecule has 1 aromatic carbocycles. The Morgan fingerprint density at radius 2 is 1.82 bits per heavy atom. The minimum atomic E-state index is -0.675. The van der Waals surface area contributed by atoms with E-state index in [4.69, 9.17) is 4.74 Å². The molecule has 0 aliphatic carbocycles. The van der Waals surface area contributed by atoms with Gasteiger partial charge in [-0.25, -0.2) is 4.98 Å². The van der Waals surface area contributed by atoms with E-state index < -0.39 is 6.10 Å². The number of morpholine rings is 1. The van der Waals surface area contributed by atoms with Gasteiger partial charge in [-0.05, 0) is 36.5 Å². The zero-order chi connectivity index (χ0) is 27.2. The Hall–Kier alpha value is -3.21. The van der Waals surface area contributed by atoms with Crippen molar-refractivity contribution in [2.24, 2.45) is 0 Å². The predicted molar refractivity (Wildman–Crippen MR) is 150 cm³/mol. The summed E-state index contributed by atoms with van der Waals surface area (Å²) in [6.45, 7) is 8.10. The summed E-state index contributed by atoms with van der Waals surface area (Å²) in [5, 5.41) is 17.2. The number of fused-ring (bicyclic) bond motifs is 1. The third-order valence-corrected chi connectivity index (χ3v) is 7.87. The molecule has 2 aromatic rings. The molecule has 3 N–H and O–H groups in total. The Labute approximate surface area is 230 Å². The van der Waals surface area contributed by atoms with Gasteiger partial charge in [-0.3, -0.25) is 14.5 Å². The van der Waals surface area contributed by atoms with Gasteiger partial charge in [0.1, 0.15) is 11.5 Å². The van der Waals surface area contributed by atoms with Crippen LogP contribution in [0.1, 0.15) is 41.4 Å². The molecule has 0 spiro atoms. The van der Waals surface area contributed by atoms with Gasteiger partial charge in [0.15, 0.2) is 0 Å². The third-order valence-electron chi connectivity index (χ3n) is 7.87. The molecule has 5 rings (SSSR count). The number of anilines is 2. The number of likely N-dealkylation sites (tertiary alicyclic amines) is 1. The maximum atomic E-state index is 13.2. The quantitative estimate of drug-likeness (QED) is 0.466. The van der Waals surface area contributed by atoms with Crippen LogP contribution in [0.15, 0.2) is 36.4 Å². The van der Waals surface area contributed by atoms with E-state index in [1.54, 1.807) is 13.0 Å². The third kappa shape index (κ3) is 7.26. The van der Waals surface area contributed by atoms with E-state index in [0.29, 0.717) is 38.5 Å². The van der Waals surface area contributed by atoms with Crippen LogP contribution in [-0.2, 0) is 22.5 Å². The molecule has 0 unspecified atom stereocenters. The van der Waals surface area contributed by atoms with Crippen LogP contribution in [0.5, 0.6) is 0 Å². The van der Waals surface area contributed by atoms with Crippen molar-refractivity contribution in [2.75, 3.05) is 69.2 Å². The summed E-state index contributed by atoms with van der Waals surface area (Å²) >= 11 is 0. The number of β-amino-alcohol motifs (C(OH)–C–C–N with tert-alkyl or cyclic N) is 1. The standard InChI is InChI=1S/C29H40N6O4/c1-21(36)34-10-7-24(8-11-34)31-25-16-27(32-28(17-25)35-12-14-39-15-13-35)29(38)30-18-26(37)20-33-9-6-22-4-2-3-5-23(22)19-33/h2-5,16-17,24,26,37H,6-15,18-20H2,1H3,(H,30,38)(H,31,32)/t26-/m0/s1. The van der Waals surface area contributed by atoms with E-state index in [0.717, 1.165) is 56.9 Å². The second-order valence-corrected chi connectivity index (χ2v) is 10.7. The number of carbonyl (C=O) groups is 2. The first-order valence-corrected chi connectivity index (χ1v) is 14.1. The van der Waals surface area contributed by atoms with Crippen molar-refractivity contribution in [2.45, 2.75) is 44.9 Å². The number of amides is 2. The molecule has 1 aromatic heterocycles. The normalized spacial score (nSPS) is 19.3. The first-order valence-electron chi connectivity index (χ1n) is 14.1. The van der Waals surface area contributed by atoms with E-state index in [1.807, 2.05) is 11.0 Å². The number of aliphatic hydroxyl groups excluding tert-OH is 1. The number of hydrogen-bond donors (Lipinski definition) is 3. The van der Waals surface area contributed by atoms with E-state index in [-0.39, 0.29) is 24.4 Å². The van der Waals surface area contributed by atoms with Crippen LogP contribution < -0.4 is 15.5 Å².